The van der Waals surface area contributed by atoms with Gasteiger partial charge in [0.25, 0.3) is 0 Å². The van der Waals surface area contributed by atoms with E-state index in [9.17, 15) is 26.3 Å². The van der Waals surface area contributed by atoms with Gasteiger partial charge in [0, 0.05) is 11.8 Å². The van der Waals surface area contributed by atoms with Gasteiger partial charge in [0.2, 0.25) is 0 Å². The molecule has 0 amide bonds. The Morgan fingerprint density at radius 1 is 0.900 bits per heavy atom. The van der Waals surface area contributed by atoms with Gasteiger partial charge < -0.3 is 5.32 Å². The fourth-order valence-corrected chi connectivity index (χ4v) is 2.01. The predicted octanol–water partition coefficient (Wildman–Crippen LogP) is 4.60. The van der Waals surface area contributed by atoms with Crippen molar-refractivity contribution in [2.24, 2.45) is 0 Å². The van der Waals surface area contributed by atoms with Gasteiger partial charge in [0.15, 0.2) is 0 Å². The molecule has 20 heavy (non-hydrogen) atoms. The summed E-state index contributed by atoms with van der Waals surface area (Å²) in [5, 5.41) is 2.84. The Bertz CT molecular complexity index is 434. The van der Waals surface area contributed by atoms with Gasteiger partial charge in [-0.2, -0.15) is 26.3 Å². The molecular formula is C12H14F6NP. The van der Waals surface area contributed by atoms with E-state index in [4.69, 9.17) is 0 Å². The summed E-state index contributed by atoms with van der Waals surface area (Å²) in [4.78, 5) is 0. The van der Waals surface area contributed by atoms with E-state index in [1.807, 2.05) is 0 Å². The lowest BCUT2D eigenvalue weighted by Gasteiger charge is -2.20. The van der Waals surface area contributed by atoms with Gasteiger partial charge >= 0.3 is 12.4 Å². The highest BCUT2D eigenvalue weighted by atomic mass is 31.0. The quantitative estimate of drug-likeness (QED) is 0.635. The number of rotatable bonds is 3. The van der Waals surface area contributed by atoms with E-state index in [-0.39, 0.29) is 17.4 Å². The minimum Gasteiger partial charge on any atom is -0.304 e. The molecule has 0 spiro atoms. The van der Waals surface area contributed by atoms with Crippen LogP contribution < -0.4 is 5.32 Å². The van der Waals surface area contributed by atoms with Gasteiger partial charge in [-0.15, -0.1) is 9.24 Å². The van der Waals surface area contributed by atoms with E-state index in [1.54, 1.807) is 6.92 Å². The lowest BCUT2D eigenvalue weighted by molar-refractivity contribution is -0.143. The second-order valence-electron chi connectivity index (χ2n) is 4.52. The van der Waals surface area contributed by atoms with Crippen LogP contribution in [-0.2, 0) is 12.4 Å². The van der Waals surface area contributed by atoms with Crippen molar-refractivity contribution in [1.29, 1.82) is 0 Å². The monoisotopic (exact) mass is 317 g/mol. The largest absolute Gasteiger partial charge is 0.416 e. The smallest absolute Gasteiger partial charge is 0.304 e. The summed E-state index contributed by atoms with van der Waals surface area (Å²) in [6.07, 6.45) is -9.63. The Morgan fingerprint density at radius 2 is 1.30 bits per heavy atom. The molecule has 1 rings (SSSR count). The molecule has 0 saturated heterocycles. The van der Waals surface area contributed by atoms with Gasteiger partial charge in [-0.25, -0.2) is 0 Å². The summed E-state index contributed by atoms with van der Waals surface area (Å²) in [7, 11) is 2.37. The van der Waals surface area contributed by atoms with Crippen LogP contribution in [0, 0.1) is 0 Å². The Hall–Kier alpha value is -0.810. The zero-order valence-electron chi connectivity index (χ0n) is 10.7. The van der Waals surface area contributed by atoms with Gasteiger partial charge in [-0.3, -0.25) is 0 Å². The first-order valence-corrected chi connectivity index (χ1v) is 6.39. The van der Waals surface area contributed by atoms with Crippen LogP contribution in [0.1, 0.15) is 36.6 Å². The van der Waals surface area contributed by atoms with Crippen LogP contribution in [0.5, 0.6) is 0 Å². The van der Waals surface area contributed by atoms with E-state index in [0.29, 0.717) is 0 Å². The molecule has 0 aliphatic rings. The molecule has 0 aliphatic heterocycles. The summed E-state index contributed by atoms with van der Waals surface area (Å²) in [5.74, 6) is -0.145. The first-order valence-electron chi connectivity index (χ1n) is 5.72. The number of nitrogens with one attached hydrogen (secondary N) is 1. The van der Waals surface area contributed by atoms with E-state index in [1.165, 1.54) is 6.92 Å². The third kappa shape index (κ3) is 4.63. The molecule has 0 bridgehead atoms. The fraction of sp³-hybridized carbons (Fsp3) is 0.500. The number of halogens is 6. The van der Waals surface area contributed by atoms with Crippen molar-refractivity contribution in [3.8, 4) is 0 Å². The van der Waals surface area contributed by atoms with E-state index in [0.717, 1.165) is 12.1 Å². The minimum absolute atomic E-state index is 0.0542. The van der Waals surface area contributed by atoms with Crippen LogP contribution in [0.4, 0.5) is 26.3 Å². The first kappa shape index (κ1) is 17.2. The van der Waals surface area contributed by atoms with Crippen LogP contribution in [-0.4, -0.2) is 5.78 Å². The van der Waals surface area contributed by atoms with E-state index < -0.39 is 29.5 Å². The van der Waals surface area contributed by atoms with E-state index >= 15 is 0 Å². The minimum atomic E-state index is -4.82. The van der Waals surface area contributed by atoms with Gasteiger partial charge in [-0.1, -0.05) is 0 Å². The van der Waals surface area contributed by atoms with E-state index in [2.05, 4.69) is 14.6 Å². The number of benzene rings is 1. The van der Waals surface area contributed by atoms with Crippen LogP contribution in [0.25, 0.3) is 0 Å². The summed E-state index contributed by atoms with van der Waals surface area (Å²) in [6, 6.07) is 0.964. The molecule has 0 aromatic heterocycles. The first-order chi connectivity index (χ1) is 8.91. The van der Waals surface area contributed by atoms with Crippen molar-refractivity contribution >= 4 is 9.24 Å². The molecular weight excluding hydrogens is 303 g/mol. The summed E-state index contributed by atoms with van der Waals surface area (Å²) >= 11 is 0. The van der Waals surface area contributed by atoms with Gasteiger partial charge in [-0.05, 0) is 37.6 Å². The molecule has 8 heteroatoms. The zero-order chi connectivity index (χ0) is 15.7. The number of hydrogen-bond donors (Lipinski definition) is 1. The highest BCUT2D eigenvalue weighted by Crippen LogP contribution is 2.37. The Labute approximate surface area is 114 Å². The van der Waals surface area contributed by atoms with Crippen LogP contribution >= 0.6 is 9.24 Å². The average molecular weight is 317 g/mol. The van der Waals surface area contributed by atoms with Crippen LogP contribution in [0.2, 0.25) is 0 Å². The summed E-state index contributed by atoms with van der Waals surface area (Å²) in [5.41, 5.74) is -2.65. The molecule has 2 unspecified atom stereocenters. The molecule has 1 aromatic carbocycles. The molecule has 0 radical (unpaired) electrons. The average Bonchev–Trinajstić information content (AvgIpc) is 2.25. The number of hydrogen-bond acceptors (Lipinski definition) is 1. The van der Waals surface area contributed by atoms with Gasteiger partial charge in [0.05, 0.1) is 11.1 Å². The molecule has 3 atom stereocenters. The van der Waals surface area contributed by atoms with Crippen molar-refractivity contribution in [3.63, 3.8) is 0 Å². The Morgan fingerprint density at radius 3 is 1.60 bits per heavy atom. The third-order valence-electron chi connectivity index (χ3n) is 2.62. The van der Waals surface area contributed by atoms with Crippen LogP contribution in [0.3, 0.4) is 0 Å². The highest BCUT2D eigenvalue weighted by molar-refractivity contribution is 7.17. The Kier molecular flexibility index (Phi) is 5.08. The van der Waals surface area contributed by atoms with Crippen molar-refractivity contribution < 1.29 is 26.3 Å². The fourth-order valence-electron chi connectivity index (χ4n) is 1.72. The molecule has 1 N–H and O–H groups in total. The second-order valence-corrected chi connectivity index (χ2v) is 5.52. The summed E-state index contributed by atoms with van der Waals surface area (Å²) < 4.78 is 76.0. The van der Waals surface area contributed by atoms with Crippen LogP contribution in [0.15, 0.2) is 18.2 Å². The standard InChI is InChI=1S/C12H14F6NP/c1-6(19-7(2)20)8-3-9(11(13,14)15)5-10(4-8)12(16,17)18/h3-7,19H,20H2,1-2H3/t6-,7?/m0/s1. The summed E-state index contributed by atoms with van der Waals surface area (Å²) in [6.45, 7) is 3.23. The third-order valence-corrected chi connectivity index (χ3v) is 2.82. The topological polar surface area (TPSA) is 12.0 Å². The van der Waals surface area contributed by atoms with Gasteiger partial charge in [0.1, 0.15) is 0 Å². The molecule has 0 fully saturated rings. The SMILES string of the molecule is CC(P)N[C@@H](C)c1cc(C(F)(F)F)cc(C(F)(F)F)c1. The molecule has 0 aliphatic carbocycles. The van der Waals surface area contributed by atoms with Crippen molar-refractivity contribution in [3.05, 3.63) is 34.9 Å². The normalized spacial score (nSPS) is 16.1. The van der Waals surface area contributed by atoms with Crippen molar-refractivity contribution in [2.75, 3.05) is 0 Å². The zero-order valence-corrected chi connectivity index (χ0v) is 11.9. The van der Waals surface area contributed by atoms with Crippen molar-refractivity contribution in [1.82, 2.24) is 5.32 Å². The molecule has 1 aromatic rings. The maximum Gasteiger partial charge on any atom is 0.416 e. The second kappa shape index (κ2) is 5.90. The molecule has 0 heterocycles. The maximum atomic E-state index is 12.7. The molecule has 1 nitrogen and oxygen atoms in total. The highest BCUT2D eigenvalue weighted by Gasteiger charge is 2.37. The Balaban J connectivity index is 3.31. The number of alkyl halides is 6. The lowest BCUT2D eigenvalue weighted by atomic mass is 10.0. The maximum absolute atomic E-state index is 12.7. The van der Waals surface area contributed by atoms with Crippen molar-refractivity contribution in [2.45, 2.75) is 38.0 Å². The molecule has 114 valence electrons. The molecule has 0 saturated carbocycles. The predicted molar refractivity (Wildman–Crippen MR) is 67.2 cm³/mol. The lowest BCUT2D eigenvalue weighted by Crippen LogP contribution is -2.24.